The Kier molecular flexibility index (Phi) is 6.97. The molecule has 1 aliphatic heterocycles. The Balaban J connectivity index is 1.93. The predicted molar refractivity (Wildman–Crippen MR) is 122 cm³/mol. The maximum Gasteiger partial charge on any atom is 0.417 e. The highest BCUT2D eigenvalue weighted by atomic mass is 35.5. The van der Waals surface area contributed by atoms with E-state index in [4.69, 9.17) is 11.6 Å². The molecule has 186 valence electrons. The summed E-state index contributed by atoms with van der Waals surface area (Å²) < 4.78 is 90.8. The lowest BCUT2D eigenvalue weighted by Crippen LogP contribution is -2.42. The van der Waals surface area contributed by atoms with Gasteiger partial charge < -0.3 is 4.90 Å². The Bertz CT molecular complexity index is 1350. The predicted octanol–water partition coefficient (Wildman–Crippen LogP) is 2.96. The van der Waals surface area contributed by atoms with E-state index in [2.05, 4.69) is 0 Å². The van der Waals surface area contributed by atoms with Crippen molar-refractivity contribution in [2.45, 2.75) is 17.5 Å². The summed E-state index contributed by atoms with van der Waals surface area (Å²) in [6, 6.07) is 6.81. The van der Waals surface area contributed by atoms with Crippen LogP contribution in [-0.2, 0) is 37.4 Å². The van der Waals surface area contributed by atoms with Gasteiger partial charge in [0.1, 0.15) is 6.54 Å². The van der Waals surface area contributed by atoms with Crippen molar-refractivity contribution in [3.8, 4) is 0 Å². The van der Waals surface area contributed by atoms with E-state index in [1.165, 1.54) is 37.2 Å². The fraction of sp³-hybridized carbons (Fsp3) is 0.350. The molecule has 2 aromatic rings. The molecule has 8 nitrogen and oxygen atoms in total. The number of amides is 1. The first-order chi connectivity index (χ1) is 15.5. The van der Waals surface area contributed by atoms with Crippen LogP contribution in [0.3, 0.4) is 0 Å². The minimum absolute atomic E-state index is 0.0455. The highest BCUT2D eigenvalue weighted by molar-refractivity contribution is 7.92. The summed E-state index contributed by atoms with van der Waals surface area (Å²) in [5.74, 6) is -0.684. The molecule has 0 radical (unpaired) electrons. The third kappa shape index (κ3) is 5.16. The third-order valence-corrected chi connectivity index (χ3v) is 8.53. The zero-order chi connectivity index (χ0) is 25.6. The van der Waals surface area contributed by atoms with Gasteiger partial charge in [0.15, 0.2) is 0 Å². The van der Waals surface area contributed by atoms with Crippen molar-refractivity contribution in [3.05, 3.63) is 52.5 Å². The molecule has 0 bridgehead atoms. The van der Waals surface area contributed by atoms with Gasteiger partial charge in [-0.1, -0.05) is 11.6 Å². The topological polar surface area (TPSA) is 95.1 Å². The van der Waals surface area contributed by atoms with Gasteiger partial charge in [0.2, 0.25) is 26.0 Å². The molecule has 34 heavy (non-hydrogen) atoms. The second kappa shape index (κ2) is 9.02. The average Bonchev–Trinajstić information content (AvgIpc) is 3.14. The minimum atomic E-state index is -4.82. The standard InChI is InChI=1S/C20H21ClF3N3O5S2/c1-25(2)34(31,32)15-5-7-18-13(10-15)8-9-26(18)19(28)12-27(33(3,29)30)14-4-6-17(21)16(11-14)20(22,23)24/h4-7,10-11H,8-9,12H2,1-3H3. The summed E-state index contributed by atoms with van der Waals surface area (Å²) in [6.45, 7) is -0.597. The largest absolute Gasteiger partial charge is 0.417 e. The van der Waals surface area contributed by atoms with Crippen molar-refractivity contribution in [2.24, 2.45) is 0 Å². The van der Waals surface area contributed by atoms with Crippen LogP contribution in [0.5, 0.6) is 0 Å². The second-order valence-electron chi connectivity index (χ2n) is 7.80. The number of carbonyl (C=O) groups excluding carboxylic acids is 1. The zero-order valence-corrected chi connectivity index (χ0v) is 20.7. The first kappa shape index (κ1) is 26.3. The Morgan fingerprint density at radius 3 is 2.29 bits per heavy atom. The third-order valence-electron chi connectivity index (χ3n) is 5.25. The molecule has 14 heteroatoms. The molecule has 0 aliphatic carbocycles. The quantitative estimate of drug-likeness (QED) is 0.562. The lowest BCUT2D eigenvalue weighted by Gasteiger charge is -2.26. The summed E-state index contributed by atoms with van der Waals surface area (Å²) in [5.41, 5.74) is -0.607. The number of alkyl halides is 3. The van der Waals surface area contributed by atoms with E-state index < -0.39 is 49.3 Å². The van der Waals surface area contributed by atoms with Crippen molar-refractivity contribution in [2.75, 3.05) is 42.6 Å². The van der Waals surface area contributed by atoms with Crippen molar-refractivity contribution in [1.29, 1.82) is 0 Å². The SMILES string of the molecule is CN(C)S(=O)(=O)c1ccc2c(c1)CCN2C(=O)CN(c1ccc(Cl)c(C(F)(F)F)c1)S(C)(=O)=O. The van der Waals surface area contributed by atoms with E-state index in [9.17, 15) is 34.8 Å². The van der Waals surface area contributed by atoms with Crippen LogP contribution < -0.4 is 9.21 Å². The number of anilines is 2. The van der Waals surface area contributed by atoms with E-state index >= 15 is 0 Å². The number of fused-ring (bicyclic) bond motifs is 1. The fourth-order valence-electron chi connectivity index (χ4n) is 3.50. The molecule has 1 heterocycles. The Hall–Kier alpha value is -2.35. The van der Waals surface area contributed by atoms with Crippen LogP contribution in [-0.4, -0.2) is 60.5 Å². The number of nitrogens with zero attached hydrogens (tertiary/aromatic N) is 3. The monoisotopic (exact) mass is 539 g/mol. The number of hydrogen-bond donors (Lipinski definition) is 0. The lowest BCUT2D eigenvalue weighted by molar-refractivity contribution is -0.137. The minimum Gasteiger partial charge on any atom is -0.310 e. The molecule has 0 saturated carbocycles. The zero-order valence-electron chi connectivity index (χ0n) is 18.3. The molecule has 0 fully saturated rings. The van der Waals surface area contributed by atoms with Crippen LogP contribution >= 0.6 is 11.6 Å². The van der Waals surface area contributed by atoms with Crippen LogP contribution in [0.25, 0.3) is 0 Å². The Morgan fingerprint density at radius 2 is 1.74 bits per heavy atom. The molecule has 0 unspecified atom stereocenters. The molecule has 0 saturated heterocycles. The van der Waals surface area contributed by atoms with Crippen molar-refractivity contribution in [1.82, 2.24) is 4.31 Å². The van der Waals surface area contributed by atoms with Crippen LogP contribution in [0.2, 0.25) is 5.02 Å². The normalized spacial score (nSPS) is 14.4. The summed E-state index contributed by atoms with van der Waals surface area (Å²) in [5, 5.41) is -0.604. The molecule has 0 spiro atoms. The maximum absolute atomic E-state index is 13.3. The smallest absolute Gasteiger partial charge is 0.310 e. The molecule has 1 amide bonds. The first-order valence-corrected chi connectivity index (χ1v) is 13.4. The maximum atomic E-state index is 13.3. The Labute approximate surface area is 200 Å². The highest BCUT2D eigenvalue weighted by Gasteiger charge is 2.35. The summed E-state index contributed by atoms with van der Waals surface area (Å²) in [7, 11) is -5.05. The number of benzene rings is 2. The summed E-state index contributed by atoms with van der Waals surface area (Å²) in [6.07, 6.45) is -3.72. The van der Waals surface area contributed by atoms with Crippen molar-refractivity contribution < 1.29 is 34.8 Å². The number of carbonyl (C=O) groups is 1. The van der Waals surface area contributed by atoms with Gasteiger partial charge in [-0.25, -0.2) is 21.1 Å². The van der Waals surface area contributed by atoms with Gasteiger partial charge in [0.05, 0.1) is 27.4 Å². The molecule has 0 atom stereocenters. The van der Waals surface area contributed by atoms with Crippen LogP contribution in [0.15, 0.2) is 41.3 Å². The van der Waals surface area contributed by atoms with E-state index in [0.717, 1.165) is 22.7 Å². The number of sulfonamides is 2. The van der Waals surface area contributed by atoms with Gasteiger partial charge in [-0.05, 0) is 48.4 Å². The summed E-state index contributed by atoms with van der Waals surface area (Å²) in [4.78, 5) is 14.3. The molecule has 0 aromatic heterocycles. The molecule has 0 N–H and O–H groups in total. The van der Waals surface area contributed by atoms with Gasteiger partial charge >= 0.3 is 6.18 Å². The van der Waals surface area contributed by atoms with Gasteiger partial charge in [-0.3, -0.25) is 9.10 Å². The average molecular weight is 540 g/mol. The summed E-state index contributed by atoms with van der Waals surface area (Å²) >= 11 is 5.62. The van der Waals surface area contributed by atoms with E-state index in [-0.39, 0.29) is 17.1 Å². The van der Waals surface area contributed by atoms with E-state index in [1.807, 2.05) is 0 Å². The van der Waals surface area contributed by atoms with E-state index in [0.29, 0.717) is 28.0 Å². The van der Waals surface area contributed by atoms with Gasteiger partial charge in [0, 0.05) is 26.3 Å². The van der Waals surface area contributed by atoms with E-state index in [1.54, 1.807) is 0 Å². The van der Waals surface area contributed by atoms with Crippen LogP contribution in [0, 0.1) is 0 Å². The number of halogens is 4. The van der Waals surface area contributed by atoms with Gasteiger partial charge in [-0.15, -0.1) is 0 Å². The number of rotatable bonds is 6. The fourth-order valence-corrected chi connectivity index (χ4v) is 5.52. The molecule has 2 aromatic carbocycles. The lowest BCUT2D eigenvalue weighted by atomic mass is 10.2. The first-order valence-electron chi connectivity index (χ1n) is 9.74. The van der Waals surface area contributed by atoms with Gasteiger partial charge in [0.25, 0.3) is 0 Å². The van der Waals surface area contributed by atoms with Crippen molar-refractivity contribution >= 4 is 48.9 Å². The second-order valence-corrected chi connectivity index (χ2v) is 12.3. The van der Waals surface area contributed by atoms with Crippen molar-refractivity contribution in [3.63, 3.8) is 0 Å². The molecular weight excluding hydrogens is 519 g/mol. The number of hydrogen-bond acceptors (Lipinski definition) is 5. The molecule has 3 rings (SSSR count). The van der Waals surface area contributed by atoms with Gasteiger partial charge in [-0.2, -0.15) is 13.2 Å². The Morgan fingerprint density at radius 1 is 1.09 bits per heavy atom. The molecular formula is C20H21ClF3N3O5S2. The highest BCUT2D eigenvalue weighted by Crippen LogP contribution is 2.37. The van der Waals surface area contributed by atoms with Crippen LogP contribution in [0.4, 0.5) is 24.5 Å². The molecule has 1 aliphatic rings. The van der Waals surface area contributed by atoms with Crippen LogP contribution in [0.1, 0.15) is 11.1 Å².